The van der Waals surface area contributed by atoms with Crippen molar-refractivity contribution in [2.75, 3.05) is 25.6 Å². The monoisotopic (exact) mass is 313 g/mol. The molecule has 1 heterocycles. The van der Waals surface area contributed by atoms with E-state index in [0.29, 0.717) is 30.3 Å². The van der Waals surface area contributed by atoms with Crippen LogP contribution in [-0.4, -0.2) is 26.2 Å². The van der Waals surface area contributed by atoms with Crippen LogP contribution >= 0.6 is 0 Å². The molecule has 0 radical (unpaired) electrons. The first-order valence-corrected chi connectivity index (χ1v) is 7.53. The van der Waals surface area contributed by atoms with Gasteiger partial charge in [-0.3, -0.25) is 4.79 Å². The largest absolute Gasteiger partial charge is 0.497 e. The van der Waals surface area contributed by atoms with E-state index >= 15 is 0 Å². The standard InChI is InChI=1S/C18H19NO4/c1-12-10-14(21-2)5-6-15(12)19-18(20)13-4-7-16-17(11-13)23-9-3-8-22-16/h4-7,10-11H,3,8-9H2,1-2H3,(H,19,20). The van der Waals surface area contributed by atoms with E-state index in [4.69, 9.17) is 14.2 Å². The Morgan fingerprint density at radius 3 is 2.61 bits per heavy atom. The van der Waals surface area contributed by atoms with Gasteiger partial charge in [0.1, 0.15) is 5.75 Å². The van der Waals surface area contributed by atoms with Gasteiger partial charge in [0.25, 0.3) is 5.91 Å². The molecule has 0 aromatic heterocycles. The van der Waals surface area contributed by atoms with Crippen LogP contribution in [0.3, 0.4) is 0 Å². The molecule has 0 unspecified atom stereocenters. The van der Waals surface area contributed by atoms with Crippen LogP contribution in [0.2, 0.25) is 0 Å². The quantitative estimate of drug-likeness (QED) is 0.943. The molecule has 0 saturated heterocycles. The number of amides is 1. The topological polar surface area (TPSA) is 56.8 Å². The number of aryl methyl sites for hydroxylation is 1. The Balaban J connectivity index is 1.79. The van der Waals surface area contributed by atoms with Crippen LogP contribution in [0, 0.1) is 6.92 Å². The Morgan fingerprint density at radius 1 is 1.09 bits per heavy atom. The average molecular weight is 313 g/mol. The van der Waals surface area contributed by atoms with E-state index in [9.17, 15) is 4.79 Å². The Labute approximate surface area is 135 Å². The summed E-state index contributed by atoms with van der Waals surface area (Å²) in [5.74, 6) is 1.87. The van der Waals surface area contributed by atoms with Crippen molar-refractivity contribution in [3.05, 3.63) is 47.5 Å². The van der Waals surface area contributed by atoms with Crippen LogP contribution in [0.5, 0.6) is 17.2 Å². The fourth-order valence-electron chi connectivity index (χ4n) is 2.40. The van der Waals surface area contributed by atoms with E-state index in [0.717, 1.165) is 23.4 Å². The summed E-state index contributed by atoms with van der Waals surface area (Å²) in [5.41, 5.74) is 2.22. The third kappa shape index (κ3) is 3.39. The fourth-order valence-corrected chi connectivity index (χ4v) is 2.40. The fraction of sp³-hybridized carbons (Fsp3) is 0.278. The average Bonchev–Trinajstić information content (AvgIpc) is 2.81. The highest BCUT2D eigenvalue weighted by atomic mass is 16.5. The summed E-state index contributed by atoms with van der Waals surface area (Å²) in [6.45, 7) is 3.14. The van der Waals surface area contributed by atoms with Gasteiger partial charge in [0.15, 0.2) is 11.5 Å². The number of rotatable bonds is 3. The van der Waals surface area contributed by atoms with E-state index in [2.05, 4.69) is 5.32 Å². The maximum absolute atomic E-state index is 12.5. The molecule has 5 nitrogen and oxygen atoms in total. The van der Waals surface area contributed by atoms with Gasteiger partial charge in [0.05, 0.1) is 20.3 Å². The van der Waals surface area contributed by atoms with Crippen molar-refractivity contribution in [1.82, 2.24) is 0 Å². The highest BCUT2D eigenvalue weighted by Gasteiger charge is 2.15. The van der Waals surface area contributed by atoms with Crippen LogP contribution in [-0.2, 0) is 0 Å². The molecule has 23 heavy (non-hydrogen) atoms. The van der Waals surface area contributed by atoms with Crippen molar-refractivity contribution < 1.29 is 19.0 Å². The second-order valence-electron chi connectivity index (χ2n) is 5.35. The van der Waals surface area contributed by atoms with Crippen LogP contribution in [0.15, 0.2) is 36.4 Å². The predicted molar refractivity (Wildman–Crippen MR) is 87.7 cm³/mol. The summed E-state index contributed by atoms with van der Waals surface area (Å²) in [5, 5.41) is 2.91. The maximum Gasteiger partial charge on any atom is 0.255 e. The van der Waals surface area contributed by atoms with E-state index < -0.39 is 0 Å². The van der Waals surface area contributed by atoms with Crippen molar-refractivity contribution in [2.45, 2.75) is 13.3 Å². The molecule has 0 bridgehead atoms. The number of carbonyl (C=O) groups is 1. The zero-order valence-electron chi connectivity index (χ0n) is 13.2. The molecular formula is C18H19NO4. The minimum absolute atomic E-state index is 0.186. The number of carbonyl (C=O) groups excluding carboxylic acids is 1. The molecule has 2 aromatic carbocycles. The van der Waals surface area contributed by atoms with Crippen molar-refractivity contribution >= 4 is 11.6 Å². The summed E-state index contributed by atoms with van der Waals surface area (Å²) >= 11 is 0. The summed E-state index contributed by atoms with van der Waals surface area (Å²) < 4.78 is 16.4. The first-order chi connectivity index (χ1) is 11.2. The second kappa shape index (κ2) is 6.60. The highest BCUT2D eigenvalue weighted by molar-refractivity contribution is 6.05. The zero-order valence-corrected chi connectivity index (χ0v) is 13.2. The molecule has 5 heteroatoms. The Bertz CT molecular complexity index is 727. The van der Waals surface area contributed by atoms with Crippen molar-refractivity contribution in [3.8, 4) is 17.2 Å². The van der Waals surface area contributed by atoms with E-state index in [1.54, 1.807) is 25.3 Å². The maximum atomic E-state index is 12.5. The van der Waals surface area contributed by atoms with Crippen molar-refractivity contribution in [3.63, 3.8) is 0 Å². The lowest BCUT2D eigenvalue weighted by Crippen LogP contribution is -2.13. The summed E-state index contributed by atoms with van der Waals surface area (Å²) in [7, 11) is 1.62. The van der Waals surface area contributed by atoms with Gasteiger partial charge in [-0.05, 0) is 48.9 Å². The lowest BCUT2D eigenvalue weighted by molar-refractivity contribution is 0.102. The van der Waals surface area contributed by atoms with Crippen LogP contribution in [0.25, 0.3) is 0 Å². The normalized spacial score (nSPS) is 13.1. The number of anilines is 1. The van der Waals surface area contributed by atoms with Gasteiger partial charge in [-0.25, -0.2) is 0 Å². The SMILES string of the molecule is COc1ccc(NC(=O)c2ccc3c(c2)OCCCO3)c(C)c1. The van der Waals surface area contributed by atoms with Crippen molar-refractivity contribution in [2.24, 2.45) is 0 Å². The number of fused-ring (bicyclic) bond motifs is 1. The van der Waals surface area contributed by atoms with Gasteiger partial charge < -0.3 is 19.5 Å². The molecule has 0 spiro atoms. The Kier molecular flexibility index (Phi) is 4.37. The number of hydrogen-bond acceptors (Lipinski definition) is 4. The van der Waals surface area contributed by atoms with E-state index in [1.807, 2.05) is 25.1 Å². The molecule has 120 valence electrons. The lowest BCUT2D eigenvalue weighted by atomic mass is 10.1. The van der Waals surface area contributed by atoms with Gasteiger partial charge in [-0.1, -0.05) is 0 Å². The minimum atomic E-state index is -0.186. The van der Waals surface area contributed by atoms with Gasteiger partial charge in [0, 0.05) is 17.7 Å². The molecule has 1 aliphatic rings. The Hall–Kier alpha value is -2.69. The number of benzene rings is 2. The van der Waals surface area contributed by atoms with Crippen LogP contribution < -0.4 is 19.5 Å². The first kappa shape index (κ1) is 15.2. The summed E-state index contributed by atoms with van der Waals surface area (Å²) in [6.07, 6.45) is 0.835. The van der Waals surface area contributed by atoms with Crippen LogP contribution in [0.4, 0.5) is 5.69 Å². The molecule has 1 aliphatic heterocycles. The molecule has 0 atom stereocenters. The third-order valence-corrected chi connectivity index (χ3v) is 3.69. The lowest BCUT2D eigenvalue weighted by Gasteiger charge is -2.12. The molecule has 1 N–H and O–H groups in total. The van der Waals surface area contributed by atoms with Crippen LogP contribution in [0.1, 0.15) is 22.3 Å². The zero-order chi connectivity index (χ0) is 16.2. The number of hydrogen-bond donors (Lipinski definition) is 1. The smallest absolute Gasteiger partial charge is 0.255 e. The molecule has 0 aliphatic carbocycles. The number of nitrogens with one attached hydrogen (secondary N) is 1. The molecule has 3 rings (SSSR count). The summed E-state index contributed by atoms with van der Waals surface area (Å²) in [4.78, 5) is 12.5. The minimum Gasteiger partial charge on any atom is -0.497 e. The van der Waals surface area contributed by atoms with E-state index in [1.165, 1.54) is 0 Å². The van der Waals surface area contributed by atoms with Gasteiger partial charge in [0.2, 0.25) is 0 Å². The third-order valence-electron chi connectivity index (χ3n) is 3.69. The molecule has 1 amide bonds. The Morgan fingerprint density at radius 2 is 1.87 bits per heavy atom. The van der Waals surface area contributed by atoms with Gasteiger partial charge >= 0.3 is 0 Å². The van der Waals surface area contributed by atoms with Gasteiger partial charge in [-0.15, -0.1) is 0 Å². The molecule has 0 fully saturated rings. The molecule has 0 saturated carbocycles. The predicted octanol–water partition coefficient (Wildman–Crippen LogP) is 3.42. The summed E-state index contributed by atoms with van der Waals surface area (Å²) in [6, 6.07) is 10.8. The van der Waals surface area contributed by atoms with E-state index in [-0.39, 0.29) is 5.91 Å². The van der Waals surface area contributed by atoms with Crippen molar-refractivity contribution in [1.29, 1.82) is 0 Å². The molecular weight excluding hydrogens is 294 g/mol. The molecule has 2 aromatic rings. The number of methoxy groups -OCH3 is 1. The highest BCUT2D eigenvalue weighted by Crippen LogP contribution is 2.31. The van der Waals surface area contributed by atoms with Gasteiger partial charge in [-0.2, -0.15) is 0 Å². The first-order valence-electron chi connectivity index (χ1n) is 7.53. The number of ether oxygens (including phenoxy) is 3. The second-order valence-corrected chi connectivity index (χ2v) is 5.35.